The zero-order chi connectivity index (χ0) is 13.1. The number of methoxy groups -OCH3 is 1. The SMILES string of the molecule is COc1cncc(C(O)c2cc(Br)ccc2Cl)c1. The van der Waals surface area contributed by atoms with Gasteiger partial charge in [0.25, 0.3) is 0 Å². The molecule has 5 heteroatoms. The molecule has 0 spiro atoms. The van der Waals surface area contributed by atoms with Gasteiger partial charge in [-0.15, -0.1) is 0 Å². The van der Waals surface area contributed by atoms with Gasteiger partial charge in [-0.05, 0) is 24.3 Å². The Morgan fingerprint density at radius 2 is 2.11 bits per heavy atom. The van der Waals surface area contributed by atoms with Crippen molar-refractivity contribution in [2.24, 2.45) is 0 Å². The Balaban J connectivity index is 2.40. The maximum atomic E-state index is 10.3. The first-order valence-electron chi connectivity index (χ1n) is 5.24. The first-order chi connectivity index (χ1) is 8.61. The van der Waals surface area contributed by atoms with Gasteiger partial charge in [0, 0.05) is 26.8 Å². The lowest BCUT2D eigenvalue weighted by molar-refractivity contribution is 0.219. The van der Waals surface area contributed by atoms with Crippen molar-refractivity contribution in [1.29, 1.82) is 0 Å². The summed E-state index contributed by atoms with van der Waals surface area (Å²) in [6.45, 7) is 0. The second-order valence-corrected chi connectivity index (χ2v) is 5.05. The van der Waals surface area contributed by atoms with Gasteiger partial charge in [-0.1, -0.05) is 27.5 Å². The van der Waals surface area contributed by atoms with Gasteiger partial charge >= 0.3 is 0 Å². The second-order valence-electron chi connectivity index (χ2n) is 3.73. The number of hydrogen-bond acceptors (Lipinski definition) is 3. The highest BCUT2D eigenvalue weighted by Crippen LogP contribution is 2.31. The molecule has 1 N–H and O–H groups in total. The van der Waals surface area contributed by atoms with Crippen LogP contribution in [-0.4, -0.2) is 17.2 Å². The van der Waals surface area contributed by atoms with Gasteiger partial charge in [0.2, 0.25) is 0 Å². The number of nitrogens with zero attached hydrogens (tertiary/aromatic N) is 1. The van der Waals surface area contributed by atoms with Crippen molar-refractivity contribution in [2.75, 3.05) is 7.11 Å². The molecular weight excluding hydrogens is 318 g/mol. The fourth-order valence-electron chi connectivity index (χ4n) is 1.60. The number of aliphatic hydroxyl groups is 1. The number of ether oxygens (including phenoxy) is 1. The summed E-state index contributed by atoms with van der Waals surface area (Å²) in [4.78, 5) is 4.01. The van der Waals surface area contributed by atoms with Crippen LogP contribution in [-0.2, 0) is 0 Å². The minimum absolute atomic E-state index is 0.508. The van der Waals surface area contributed by atoms with Crippen LogP contribution in [0, 0.1) is 0 Å². The lowest BCUT2D eigenvalue weighted by Gasteiger charge is -2.14. The van der Waals surface area contributed by atoms with E-state index in [0.29, 0.717) is 21.9 Å². The zero-order valence-corrected chi connectivity index (χ0v) is 11.9. The van der Waals surface area contributed by atoms with Crippen LogP contribution in [0.2, 0.25) is 5.02 Å². The van der Waals surface area contributed by atoms with Crippen LogP contribution in [0.25, 0.3) is 0 Å². The average Bonchev–Trinajstić information content (AvgIpc) is 2.41. The first kappa shape index (κ1) is 13.3. The van der Waals surface area contributed by atoms with Crippen LogP contribution in [0.5, 0.6) is 5.75 Å². The van der Waals surface area contributed by atoms with E-state index >= 15 is 0 Å². The number of aliphatic hydroxyl groups excluding tert-OH is 1. The Kier molecular flexibility index (Phi) is 4.22. The molecule has 1 aromatic heterocycles. The topological polar surface area (TPSA) is 42.4 Å². The molecule has 0 amide bonds. The van der Waals surface area contributed by atoms with Gasteiger partial charge in [0.05, 0.1) is 13.3 Å². The normalized spacial score (nSPS) is 12.2. The molecule has 2 aromatic rings. The molecule has 0 aliphatic carbocycles. The molecule has 0 fully saturated rings. The number of pyridine rings is 1. The summed E-state index contributed by atoms with van der Waals surface area (Å²) in [7, 11) is 1.55. The van der Waals surface area contributed by atoms with E-state index in [2.05, 4.69) is 20.9 Å². The third kappa shape index (κ3) is 2.83. The summed E-state index contributed by atoms with van der Waals surface area (Å²) < 4.78 is 5.94. The molecule has 1 heterocycles. The predicted octanol–water partition coefficient (Wildman–Crippen LogP) is 3.59. The molecule has 94 valence electrons. The van der Waals surface area contributed by atoms with Gasteiger partial charge in [-0.25, -0.2) is 0 Å². The van der Waals surface area contributed by atoms with Gasteiger partial charge in [0.1, 0.15) is 11.9 Å². The molecule has 3 nitrogen and oxygen atoms in total. The minimum atomic E-state index is -0.836. The van der Waals surface area contributed by atoms with Crippen LogP contribution >= 0.6 is 27.5 Å². The van der Waals surface area contributed by atoms with Crippen LogP contribution in [0.3, 0.4) is 0 Å². The molecule has 0 saturated heterocycles. The van der Waals surface area contributed by atoms with Crippen molar-refractivity contribution in [3.8, 4) is 5.75 Å². The molecule has 0 bridgehead atoms. The highest BCUT2D eigenvalue weighted by atomic mass is 79.9. The quantitative estimate of drug-likeness (QED) is 0.936. The molecule has 1 unspecified atom stereocenters. The number of rotatable bonds is 3. The molecule has 18 heavy (non-hydrogen) atoms. The fourth-order valence-corrected chi connectivity index (χ4v) is 2.20. The lowest BCUT2D eigenvalue weighted by atomic mass is 10.0. The number of halogens is 2. The predicted molar refractivity (Wildman–Crippen MR) is 74.0 cm³/mol. The first-order valence-corrected chi connectivity index (χ1v) is 6.41. The maximum Gasteiger partial charge on any atom is 0.137 e. The summed E-state index contributed by atoms with van der Waals surface area (Å²) in [5.74, 6) is 0.595. The van der Waals surface area contributed by atoms with Crippen LogP contribution < -0.4 is 4.74 Å². The molecule has 0 aliphatic rings. The third-order valence-corrected chi connectivity index (χ3v) is 3.38. The van der Waals surface area contributed by atoms with Crippen molar-refractivity contribution in [3.05, 3.63) is 57.3 Å². The summed E-state index contributed by atoms with van der Waals surface area (Å²) in [6.07, 6.45) is 2.33. The Labute approximate surface area is 119 Å². The van der Waals surface area contributed by atoms with E-state index in [9.17, 15) is 5.11 Å². The van der Waals surface area contributed by atoms with E-state index in [0.717, 1.165) is 4.47 Å². The second kappa shape index (κ2) is 5.69. The monoisotopic (exact) mass is 327 g/mol. The van der Waals surface area contributed by atoms with Crippen LogP contribution in [0.4, 0.5) is 0 Å². The van der Waals surface area contributed by atoms with E-state index in [4.69, 9.17) is 16.3 Å². The van der Waals surface area contributed by atoms with Crippen molar-refractivity contribution >= 4 is 27.5 Å². The fraction of sp³-hybridized carbons (Fsp3) is 0.154. The molecular formula is C13H11BrClNO2. The summed E-state index contributed by atoms with van der Waals surface area (Å²) in [5, 5.41) is 10.8. The molecule has 1 aromatic carbocycles. The molecule has 2 rings (SSSR count). The van der Waals surface area contributed by atoms with Crippen LogP contribution in [0.1, 0.15) is 17.2 Å². The summed E-state index contributed by atoms with van der Waals surface area (Å²) >= 11 is 9.44. The lowest BCUT2D eigenvalue weighted by Crippen LogP contribution is -2.01. The number of hydrogen-bond donors (Lipinski definition) is 1. The Hall–Kier alpha value is -1.10. The van der Waals surface area contributed by atoms with E-state index < -0.39 is 6.10 Å². The smallest absolute Gasteiger partial charge is 0.137 e. The minimum Gasteiger partial charge on any atom is -0.495 e. The van der Waals surface area contributed by atoms with Gasteiger partial charge < -0.3 is 9.84 Å². The largest absolute Gasteiger partial charge is 0.495 e. The molecule has 0 aliphatic heterocycles. The van der Waals surface area contributed by atoms with E-state index in [1.807, 2.05) is 6.07 Å². The number of aromatic nitrogens is 1. The van der Waals surface area contributed by atoms with E-state index in [1.54, 1.807) is 37.7 Å². The van der Waals surface area contributed by atoms with Gasteiger partial charge in [-0.3, -0.25) is 4.98 Å². The maximum absolute atomic E-state index is 10.3. The summed E-state index contributed by atoms with van der Waals surface area (Å²) in [5.41, 5.74) is 1.26. The van der Waals surface area contributed by atoms with Crippen molar-refractivity contribution in [1.82, 2.24) is 4.98 Å². The van der Waals surface area contributed by atoms with Crippen molar-refractivity contribution < 1.29 is 9.84 Å². The Morgan fingerprint density at radius 3 is 2.83 bits per heavy atom. The molecule has 0 saturated carbocycles. The standard InChI is InChI=1S/C13H11BrClNO2/c1-18-10-4-8(6-16-7-10)13(17)11-5-9(14)2-3-12(11)15/h2-7,13,17H,1H3. The highest BCUT2D eigenvalue weighted by molar-refractivity contribution is 9.10. The van der Waals surface area contributed by atoms with Crippen LogP contribution in [0.15, 0.2) is 41.1 Å². The summed E-state index contributed by atoms with van der Waals surface area (Å²) in [6, 6.07) is 7.07. The zero-order valence-electron chi connectivity index (χ0n) is 9.60. The Morgan fingerprint density at radius 1 is 1.33 bits per heavy atom. The average molecular weight is 329 g/mol. The number of benzene rings is 1. The van der Waals surface area contributed by atoms with Gasteiger partial charge in [0.15, 0.2) is 0 Å². The highest BCUT2D eigenvalue weighted by Gasteiger charge is 2.15. The van der Waals surface area contributed by atoms with Crippen molar-refractivity contribution in [3.63, 3.8) is 0 Å². The molecule has 0 radical (unpaired) electrons. The van der Waals surface area contributed by atoms with E-state index in [1.165, 1.54) is 0 Å². The Bertz CT molecular complexity index is 562. The molecule has 1 atom stereocenters. The van der Waals surface area contributed by atoms with Gasteiger partial charge in [-0.2, -0.15) is 0 Å². The third-order valence-electron chi connectivity index (χ3n) is 2.54. The van der Waals surface area contributed by atoms with Crippen molar-refractivity contribution in [2.45, 2.75) is 6.10 Å². The van der Waals surface area contributed by atoms with E-state index in [-0.39, 0.29) is 0 Å².